The van der Waals surface area contributed by atoms with Crippen LogP contribution in [-0.4, -0.2) is 17.9 Å². The molecule has 0 amide bonds. The molecule has 2 unspecified atom stereocenters. The zero-order valence-electron chi connectivity index (χ0n) is 11.3. The summed E-state index contributed by atoms with van der Waals surface area (Å²) in [6, 6.07) is 15.9. The van der Waals surface area contributed by atoms with Crippen molar-refractivity contribution in [3.8, 4) is 0 Å². The van der Waals surface area contributed by atoms with E-state index in [4.69, 9.17) is 5.73 Å². The van der Waals surface area contributed by atoms with Crippen LogP contribution in [0.15, 0.2) is 57.9 Å². The molecule has 0 aromatic heterocycles. The van der Waals surface area contributed by atoms with Gasteiger partial charge in [0.05, 0.1) is 6.10 Å². The fraction of sp³-hybridized carbons (Fsp3) is 0.250. The summed E-state index contributed by atoms with van der Waals surface area (Å²) in [6.45, 7) is 0.403. The molecule has 0 bridgehead atoms. The number of aliphatic hydroxyl groups excluding tert-OH is 1. The maximum absolute atomic E-state index is 10.7. The van der Waals surface area contributed by atoms with E-state index in [9.17, 15) is 5.11 Å². The highest BCUT2D eigenvalue weighted by molar-refractivity contribution is 9.10. The van der Waals surface area contributed by atoms with Crippen LogP contribution in [0.5, 0.6) is 0 Å². The van der Waals surface area contributed by atoms with Crippen molar-refractivity contribution >= 4 is 27.7 Å². The normalized spacial score (nSPS) is 14.0. The van der Waals surface area contributed by atoms with Crippen LogP contribution in [0.3, 0.4) is 0 Å². The highest BCUT2D eigenvalue weighted by Crippen LogP contribution is 2.35. The number of rotatable bonds is 5. The topological polar surface area (TPSA) is 46.2 Å². The summed E-state index contributed by atoms with van der Waals surface area (Å²) in [5.74, 6) is -0.110. The minimum atomic E-state index is -0.599. The van der Waals surface area contributed by atoms with Gasteiger partial charge in [-0.3, -0.25) is 0 Å². The Bertz CT molecular complexity index is 576. The number of halogens is 1. The Morgan fingerprint density at radius 1 is 1.20 bits per heavy atom. The maximum atomic E-state index is 10.7. The van der Waals surface area contributed by atoms with Crippen LogP contribution in [-0.2, 0) is 0 Å². The first-order valence-electron chi connectivity index (χ1n) is 6.44. The molecule has 4 heteroatoms. The number of nitrogens with two attached hydrogens (primary N) is 1. The predicted octanol–water partition coefficient (Wildman–Crippen LogP) is 3.95. The van der Waals surface area contributed by atoms with Crippen LogP contribution in [0.25, 0.3) is 0 Å². The first kappa shape index (κ1) is 15.6. The van der Waals surface area contributed by atoms with Gasteiger partial charge < -0.3 is 10.8 Å². The van der Waals surface area contributed by atoms with Crippen molar-refractivity contribution in [3.05, 3.63) is 64.1 Å². The summed E-state index contributed by atoms with van der Waals surface area (Å²) in [7, 11) is 0. The van der Waals surface area contributed by atoms with Crippen LogP contribution in [0, 0.1) is 0 Å². The van der Waals surface area contributed by atoms with E-state index in [0.29, 0.717) is 6.54 Å². The van der Waals surface area contributed by atoms with Crippen molar-refractivity contribution in [2.45, 2.75) is 16.9 Å². The van der Waals surface area contributed by atoms with E-state index >= 15 is 0 Å². The molecule has 2 rings (SSSR count). The van der Waals surface area contributed by atoms with Gasteiger partial charge in [-0.2, -0.15) is 0 Å². The Labute approximate surface area is 132 Å². The Morgan fingerprint density at radius 2 is 1.95 bits per heavy atom. The molecule has 106 valence electrons. The fourth-order valence-corrected chi connectivity index (χ4v) is 3.37. The van der Waals surface area contributed by atoms with Crippen LogP contribution in [0.2, 0.25) is 0 Å². The molecule has 3 N–H and O–H groups in total. The number of thioether (sulfide) groups is 1. The Morgan fingerprint density at radius 3 is 2.60 bits per heavy atom. The lowest BCUT2D eigenvalue weighted by Gasteiger charge is -2.24. The second kappa shape index (κ2) is 7.27. The number of hydrogen-bond acceptors (Lipinski definition) is 3. The molecule has 0 aliphatic rings. The van der Waals surface area contributed by atoms with E-state index in [0.717, 1.165) is 20.5 Å². The van der Waals surface area contributed by atoms with Crippen molar-refractivity contribution < 1.29 is 5.11 Å². The molecule has 0 spiro atoms. The smallest absolute Gasteiger partial charge is 0.0881 e. The van der Waals surface area contributed by atoms with Crippen molar-refractivity contribution in [1.82, 2.24) is 0 Å². The summed E-state index contributed by atoms with van der Waals surface area (Å²) in [5, 5.41) is 10.7. The average molecular weight is 352 g/mol. The van der Waals surface area contributed by atoms with Crippen LogP contribution in [0.4, 0.5) is 0 Å². The van der Waals surface area contributed by atoms with Crippen LogP contribution in [0.1, 0.15) is 23.1 Å². The molecule has 0 fully saturated rings. The summed E-state index contributed by atoms with van der Waals surface area (Å²) in [5.41, 5.74) is 7.89. The van der Waals surface area contributed by atoms with Gasteiger partial charge in [-0.05, 0) is 35.6 Å². The van der Waals surface area contributed by atoms with Gasteiger partial charge in [0.25, 0.3) is 0 Å². The standard InChI is InChI=1S/C16H18BrNOS/c1-20-15-8-3-2-7-13(15)16(19)14(10-18)11-5-4-6-12(17)9-11/h2-9,14,16,19H,10,18H2,1H3. The van der Waals surface area contributed by atoms with E-state index in [1.165, 1.54) is 0 Å². The molecule has 2 nitrogen and oxygen atoms in total. The Kier molecular flexibility index (Phi) is 5.66. The SMILES string of the molecule is CSc1ccccc1C(O)C(CN)c1cccc(Br)c1. The number of hydrogen-bond donors (Lipinski definition) is 2. The average Bonchev–Trinajstić information content (AvgIpc) is 2.48. The molecule has 0 aliphatic carbocycles. The monoisotopic (exact) mass is 351 g/mol. The lowest BCUT2D eigenvalue weighted by molar-refractivity contribution is 0.144. The van der Waals surface area contributed by atoms with Gasteiger partial charge in [0.1, 0.15) is 0 Å². The highest BCUT2D eigenvalue weighted by atomic mass is 79.9. The third kappa shape index (κ3) is 3.44. The van der Waals surface area contributed by atoms with Crippen LogP contribution >= 0.6 is 27.7 Å². The predicted molar refractivity (Wildman–Crippen MR) is 89.1 cm³/mol. The number of aliphatic hydroxyl groups is 1. The summed E-state index contributed by atoms with van der Waals surface area (Å²) in [4.78, 5) is 1.09. The van der Waals surface area contributed by atoms with Gasteiger partial charge in [-0.25, -0.2) is 0 Å². The van der Waals surface area contributed by atoms with Gasteiger partial charge in [0.15, 0.2) is 0 Å². The minimum Gasteiger partial charge on any atom is -0.388 e. The summed E-state index contributed by atoms with van der Waals surface area (Å²) < 4.78 is 0.999. The largest absolute Gasteiger partial charge is 0.388 e. The van der Waals surface area contributed by atoms with Gasteiger partial charge >= 0.3 is 0 Å². The minimum absolute atomic E-state index is 0.110. The lowest BCUT2D eigenvalue weighted by atomic mass is 9.89. The van der Waals surface area contributed by atoms with Crippen molar-refractivity contribution in [3.63, 3.8) is 0 Å². The van der Waals surface area contributed by atoms with Crippen molar-refractivity contribution in [2.75, 3.05) is 12.8 Å². The first-order valence-corrected chi connectivity index (χ1v) is 8.45. The lowest BCUT2D eigenvalue weighted by Crippen LogP contribution is -2.20. The second-order valence-electron chi connectivity index (χ2n) is 4.58. The van der Waals surface area contributed by atoms with Crippen molar-refractivity contribution in [2.24, 2.45) is 5.73 Å². The first-order chi connectivity index (χ1) is 9.67. The molecule has 0 aliphatic heterocycles. The zero-order valence-corrected chi connectivity index (χ0v) is 13.7. The van der Waals surface area contributed by atoms with E-state index < -0.39 is 6.10 Å². The molecular formula is C16H18BrNOS. The molecule has 0 radical (unpaired) electrons. The highest BCUT2D eigenvalue weighted by Gasteiger charge is 2.23. The zero-order chi connectivity index (χ0) is 14.5. The van der Waals surface area contributed by atoms with Crippen LogP contribution < -0.4 is 5.73 Å². The van der Waals surface area contributed by atoms with E-state index in [2.05, 4.69) is 15.9 Å². The molecule has 20 heavy (non-hydrogen) atoms. The second-order valence-corrected chi connectivity index (χ2v) is 6.35. The van der Waals surface area contributed by atoms with Gasteiger partial charge in [-0.1, -0.05) is 46.3 Å². The van der Waals surface area contributed by atoms with Gasteiger partial charge in [0.2, 0.25) is 0 Å². The Balaban J connectivity index is 2.36. The van der Waals surface area contributed by atoms with Crippen molar-refractivity contribution in [1.29, 1.82) is 0 Å². The van der Waals surface area contributed by atoms with E-state index in [-0.39, 0.29) is 5.92 Å². The van der Waals surface area contributed by atoms with E-state index in [1.54, 1.807) is 11.8 Å². The molecular weight excluding hydrogens is 334 g/mol. The van der Waals surface area contributed by atoms with E-state index in [1.807, 2.05) is 54.8 Å². The fourth-order valence-electron chi connectivity index (χ4n) is 2.31. The number of benzene rings is 2. The molecule has 0 saturated heterocycles. The Hall–Kier alpha value is -0.810. The third-order valence-electron chi connectivity index (χ3n) is 3.37. The van der Waals surface area contributed by atoms with Gasteiger partial charge in [0, 0.05) is 21.8 Å². The molecule has 2 atom stereocenters. The summed E-state index contributed by atoms with van der Waals surface area (Å²) >= 11 is 5.11. The molecule has 2 aromatic carbocycles. The maximum Gasteiger partial charge on any atom is 0.0881 e. The molecule has 0 saturated carbocycles. The quantitative estimate of drug-likeness (QED) is 0.801. The molecule has 0 heterocycles. The third-order valence-corrected chi connectivity index (χ3v) is 4.67. The van der Waals surface area contributed by atoms with Gasteiger partial charge in [-0.15, -0.1) is 11.8 Å². The summed E-state index contributed by atoms with van der Waals surface area (Å²) in [6.07, 6.45) is 1.42. The molecule has 2 aromatic rings.